The fraction of sp³-hybridized carbons (Fsp3) is 0.750. The molecular weight excluding hydrogens is 172 g/mol. The molecule has 0 N–H and O–H groups in total. The fourth-order valence-corrected chi connectivity index (χ4v) is 1.68. The minimum Gasteiger partial charge on any atom is -0.335 e. The summed E-state index contributed by atoms with van der Waals surface area (Å²) in [6.07, 6.45) is 12.0. The van der Waals surface area contributed by atoms with Crippen molar-refractivity contribution in [3.63, 3.8) is 0 Å². The van der Waals surface area contributed by atoms with Crippen LogP contribution in [0.1, 0.15) is 51.1 Å². The molecule has 0 aliphatic heterocycles. The highest BCUT2D eigenvalue weighted by molar-refractivity contribution is 4.93. The van der Waals surface area contributed by atoms with Gasteiger partial charge in [-0.25, -0.2) is 4.98 Å². The first kappa shape index (κ1) is 11.3. The average Bonchev–Trinajstić information content (AvgIpc) is 2.58. The number of nitrogens with zero attached hydrogens (tertiary/aromatic N) is 2. The third-order valence-corrected chi connectivity index (χ3v) is 2.67. The van der Waals surface area contributed by atoms with Crippen LogP contribution in [0.4, 0.5) is 0 Å². The van der Waals surface area contributed by atoms with E-state index in [1.807, 2.05) is 12.5 Å². The van der Waals surface area contributed by atoms with Crippen LogP contribution in [0.25, 0.3) is 0 Å². The standard InChI is InChI=1S/C12H22N2/c1-3-4-5-6-7-8-9-14-11-13-10-12(14)2/h10-11H,3-9H2,1-2H3. The molecule has 1 aromatic heterocycles. The Morgan fingerprint density at radius 1 is 1.14 bits per heavy atom. The second kappa shape index (κ2) is 6.63. The van der Waals surface area contributed by atoms with Gasteiger partial charge in [-0.1, -0.05) is 39.0 Å². The molecule has 2 nitrogen and oxygen atoms in total. The second-order valence-electron chi connectivity index (χ2n) is 4.00. The van der Waals surface area contributed by atoms with Crippen molar-refractivity contribution >= 4 is 0 Å². The molecule has 0 unspecified atom stereocenters. The van der Waals surface area contributed by atoms with Crippen molar-refractivity contribution in [2.24, 2.45) is 0 Å². The molecule has 0 fully saturated rings. The lowest BCUT2D eigenvalue weighted by Crippen LogP contribution is -1.98. The second-order valence-corrected chi connectivity index (χ2v) is 4.00. The normalized spacial score (nSPS) is 10.7. The Labute approximate surface area is 87.4 Å². The molecule has 0 amide bonds. The molecule has 1 heterocycles. The van der Waals surface area contributed by atoms with Gasteiger partial charge in [0.15, 0.2) is 0 Å². The Morgan fingerprint density at radius 2 is 1.86 bits per heavy atom. The Bertz CT molecular complexity index is 240. The number of imidazole rings is 1. The Balaban J connectivity index is 2.02. The van der Waals surface area contributed by atoms with Crippen molar-refractivity contribution in [1.29, 1.82) is 0 Å². The van der Waals surface area contributed by atoms with Crippen molar-refractivity contribution in [2.75, 3.05) is 0 Å². The predicted octanol–water partition coefficient (Wildman–Crippen LogP) is 3.55. The lowest BCUT2D eigenvalue weighted by molar-refractivity contribution is 0.552. The van der Waals surface area contributed by atoms with Crippen LogP contribution in [0.3, 0.4) is 0 Å². The minimum atomic E-state index is 1.14. The Morgan fingerprint density at radius 3 is 2.50 bits per heavy atom. The first-order chi connectivity index (χ1) is 6.84. The van der Waals surface area contributed by atoms with Crippen LogP contribution in [0, 0.1) is 6.92 Å². The van der Waals surface area contributed by atoms with Gasteiger partial charge < -0.3 is 4.57 Å². The molecule has 0 spiro atoms. The van der Waals surface area contributed by atoms with Crippen LogP contribution in [0.2, 0.25) is 0 Å². The van der Waals surface area contributed by atoms with E-state index in [9.17, 15) is 0 Å². The highest BCUT2D eigenvalue weighted by Crippen LogP contribution is 2.07. The number of hydrogen-bond donors (Lipinski definition) is 0. The van der Waals surface area contributed by atoms with E-state index < -0.39 is 0 Å². The molecule has 14 heavy (non-hydrogen) atoms. The van der Waals surface area contributed by atoms with Crippen molar-refractivity contribution in [2.45, 2.75) is 58.9 Å². The lowest BCUT2D eigenvalue weighted by Gasteiger charge is -2.04. The van der Waals surface area contributed by atoms with Crippen LogP contribution >= 0.6 is 0 Å². The van der Waals surface area contributed by atoms with Crippen LogP contribution < -0.4 is 0 Å². The molecule has 0 saturated heterocycles. The highest BCUT2D eigenvalue weighted by Gasteiger charge is 1.95. The summed E-state index contributed by atoms with van der Waals surface area (Å²) in [7, 11) is 0. The van der Waals surface area contributed by atoms with Crippen molar-refractivity contribution in [3.8, 4) is 0 Å². The number of hydrogen-bond acceptors (Lipinski definition) is 1. The molecule has 1 rings (SSSR count). The van der Waals surface area contributed by atoms with Gasteiger partial charge in [0, 0.05) is 18.4 Å². The maximum Gasteiger partial charge on any atom is 0.0948 e. The highest BCUT2D eigenvalue weighted by atomic mass is 15.0. The van der Waals surface area contributed by atoms with E-state index in [-0.39, 0.29) is 0 Å². The van der Waals surface area contributed by atoms with Gasteiger partial charge in [0.1, 0.15) is 0 Å². The molecule has 2 heteroatoms. The van der Waals surface area contributed by atoms with E-state index in [1.54, 1.807) is 0 Å². The molecule has 0 aliphatic rings. The summed E-state index contributed by atoms with van der Waals surface area (Å²) in [5, 5.41) is 0. The summed E-state index contributed by atoms with van der Waals surface area (Å²) in [5.41, 5.74) is 1.28. The van der Waals surface area contributed by atoms with Crippen LogP contribution in [0.5, 0.6) is 0 Å². The molecule has 0 radical (unpaired) electrons. The van der Waals surface area contributed by atoms with Gasteiger partial charge in [-0.05, 0) is 13.3 Å². The molecule has 0 bridgehead atoms. The maximum atomic E-state index is 4.11. The van der Waals surface area contributed by atoms with E-state index in [1.165, 1.54) is 44.2 Å². The van der Waals surface area contributed by atoms with Crippen molar-refractivity contribution in [3.05, 3.63) is 18.2 Å². The van der Waals surface area contributed by atoms with E-state index in [2.05, 4.69) is 23.4 Å². The third kappa shape index (κ3) is 3.95. The van der Waals surface area contributed by atoms with Crippen LogP contribution in [0.15, 0.2) is 12.5 Å². The monoisotopic (exact) mass is 194 g/mol. The Hall–Kier alpha value is -0.790. The van der Waals surface area contributed by atoms with Gasteiger partial charge in [-0.3, -0.25) is 0 Å². The van der Waals surface area contributed by atoms with E-state index in [0.29, 0.717) is 0 Å². The maximum absolute atomic E-state index is 4.11. The van der Waals surface area contributed by atoms with Gasteiger partial charge in [0.05, 0.1) is 6.33 Å². The largest absolute Gasteiger partial charge is 0.335 e. The molecular formula is C12H22N2. The molecule has 0 aromatic carbocycles. The summed E-state index contributed by atoms with van der Waals surface area (Å²) in [6, 6.07) is 0. The smallest absolute Gasteiger partial charge is 0.0948 e. The number of rotatable bonds is 7. The van der Waals surface area contributed by atoms with Crippen LogP contribution in [-0.4, -0.2) is 9.55 Å². The number of unbranched alkanes of at least 4 members (excludes halogenated alkanes) is 5. The lowest BCUT2D eigenvalue weighted by atomic mass is 10.1. The topological polar surface area (TPSA) is 17.8 Å². The van der Waals surface area contributed by atoms with Gasteiger partial charge >= 0.3 is 0 Å². The first-order valence-electron chi connectivity index (χ1n) is 5.81. The number of aromatic nitrogens is 2. The average molecular weight is 194 g/mol. The Kier molecular flexibility index (Phi) is 5.35. The van der Waals surface area contributed by atoms with Crippen molar-refractivity contribution in [1.82, 2.24) is 9.55 Å². The quantitative estimate of drug-likeness (QED) is 0.607. The van der Waals surface area contributed by atoms with Gasteiger partial charge in [-0.15, -0.1) is 0 Å². The first-order valence-corrected chi connectivity index (χ1v) is 5.81. The zero-order valence-electron chi connectivity index (χ0n) is 9.50. The zero-order valence-corrected chi connectivity index (χ0v) is 9.50. The zero-order chi connectivity index (χ0) is 10.2. The predicted molar refractivity (Wildman–Crippen MR) is 60.3 cm³/mol. The third-order valence-electron chi connectivity index (χ3n) is 2.67. The SMILES string of the molecule is CCCCCCCCn1cncc1C. The van der Waals surface area contributed by atoms with Gasteiger partial charge in [-0.2, -0.15) is 0 Å². The molecule has 0 aliphatic carbocycles. The van der Waals surface area contributed by atoms with E-state index in [0.717, 1.165) is 6.54 Å². The van der Waals surface area contributed by atoms with Crippen molar-refractivity contribution < 1.29 is 0 Å². The van der Waals surface area contributed by atoms with E-state index in [4.69, 9.17) is 0 Å². The minimum absolute atomic E-state index is 1.14. The summed E-state index contributed by atoms with van der Waals surface area (Å²) >= 11 is 0. The summed E-state index contributed by atoms with van der Waals surface area (Å²) in [5.74, 6) is 0. The summed E-state index contributed by atoms with van der Waals surface area (Å²) in [6.45, 7) is 5.51. The molecule has 1 aromatic rings. The van der Waals surface area contributed by atoms with Crippen LogP contribution in [-0.2, 0) is 6.54 Å². The number of aryl methyl sites for hydroxylation is 2. The summed E-state index contributed by atoms with van der Waals surface area (Å²) in [4.78, 5) is 4.11. The van der Waals surface area contributed by atoms with E-state index >= 15 is 0 Å². The molecule has 0 atom stereocenters. The van der Waals surface area contributed by atoms with Gasteiger partial charge in [0.2, 0.25) is 0 Å². The molecule has 0 saturated carbocycles. The van der Waals surface area contributed by atoms with Gasteiger partial charge in [0.25, 0.3) is 0 Å². The molecule has 80 valence electrons. The summed E-state index contributed by atoms with van der Waals surface area (Å²) < 4.78 is 2.24. The fourth-order valence-electron chi connectivity index (χ4n) is 1.68.